The number of nitrogens with zero attached hydrogens (tertiary/aromatic N) is 1. The Kier molecular flexibility index (Phi) is 2.94. The van der Waals surface area contributed by atoms with Gasteiger partial charge in [0, 0.05) is 23.8 Å². The van der Waals surface area contributed by atoms with E-state index in [4.69, 9.17) is 0 Å². The van der Waals surface area contributed by atoms with Gasteiger partial charge in [-0.15, -0.1) is 0 Å². The van der Waals surface area contributed by atoms with Crippen molar-refractivity contribution in [3.63, 3.8) is 0 Å². The highest BCUT2D eigenvalue weighted by molar-refractivity contribution is 5.90. The predicted molar refractivity (Wildman–Crippen MR) is 76.8 cm³/mol. The van der Waals surface area contributed by atoms with E-state index in [1.807, 2.05) is 12.3 Å². The van der Waals surface area contributed by atoms with Gasteiger partial charge >= 0.3 is 0 Å². The van der Waals surface area contributed by atoms with Crippen LogP contribution < -0.4 is 5.32 Å². The number of rotatable bonds is 4. The molecule has 18 heavy (non-hydrogen) atoms. The molecular formula is C16H20N2. The third kappa shape index (κ3) is 1.96. The van der Waals surface area contributed by atoms with Crippen molar-refractivity contribution in [3.05, 3.63) is 36.5 Å². The van der Waals surface area contributed by atoms with Crippen LogP contribution in [0, 0.1) is 5.41 Å². The lowest BCUT2D eigenvalue weighted by Gasteiger charge is -2.41. The molecule has 0 bridgehead atoms. The van der Waals surface area contributed by atoms with Crippen LogP contribution in [0.1, 0.15) is 32.6 Å². The first-order valence-electron chi connectivity index (χ1n) is 6.91. The molecule has 1 saturated carbocycles. The van der Waals surface area contributed by atoms with E-state index >= 15 is 0 Å². The van der Waals surface area contributed by atoms with Gasteiger partial charge in [-0.1, -0.05) is 31.5 Å². The minimum Gasteiger partial charge on any atom is -0.384 e. The molecule has 0 saturated heterocycles. The summed E-state index contributed by atoms with van der Waals surface area (Å²) < 4.78 is 0. The summed E-state index contributed by atoms with van der Waals surface area (Å²) in [5, 5.41) is 4.87. The minimum absolute atomic E-state index is 0.546. The Hall–Kier alpha value is -1.57. The van der Waals surface area contributed by atoms with E-state index < -0.39 is 0 Å². The molecular weight excluding hydrogens is 220 g/mol. The number of pyridine rings is 1. The van der Waals surface area contributed by atoms with Gasteiger partial charge in [0.15, 0.2) is 0 Å². The van der Waals surface area contributed by atoms with E-state index in [1.54, 1.807) is 0 Å². The van der Waals surface area contributed by atoms with Crippen LogP contribution in [0.15, 0.2) is 36.5 Å². The SMILES string of the molecule is CCC1(CNc2ccnc3ccccc23)CCC1. The molecule has 0 radical (unpaired) electrons. The molecule has 2 nitrogen and oxygen atoms in total. The Morgan fingerprint density at radius 1 is 1.22 bits per heavy atom. The van der Waals surface area contributed by atoms with Crippen molar-refractivity contribution >= 4 is 16.6 Å². The van der Waals surface area contributed by atoms with Crippen molar-refractivity contribution in [1.29, 1.82) is 0 Å². The van der Waals surface area contributed by atoms with Crippen LogP contribution in [0.5, 0.6) is 0 Å². The summed E-state index contributed by atoms with van der Waals surface area (Å²) in [6, 6.07) is 10.4. The number of hydrogen-bond acceptors (Lipinski definition) is 2. The molecule has 1 aromatic heterocycles. The second kappa shape index (κ2) is 4.60. The molecule has 2 aromatic rings. The summed E-state index contributed by atoms with van der Waals surface area (Å²) in [5.41, 5.74) is 2.84. The van der Waals surface area contributed by atoms with Crippen molar-refractivity contribution in [2.75, 3.05) is 11.9 Å². The zero-order valence-corrected chi connectivity index (χ0v) is 10.9. The summed E-state index contributed by atoms with van der Waals surface area (Å²) >= 11 is 0. The maximum Gasteiger partial charge on any atom is 0.0722 e. The second-order valence-electron chi connectivity index (χ2n) is 5.44. The fraction of sp³-hybridized carbons (Fsp3) is 0.438. The third-order valence-corrected chi connectivity index (χ3v) is 4.47. The van der Waals surface area contributed by atoms with Crippen LogP contribution in [0.2, 0.25) is 0 Å². The lowest BCUT2D eigenvalue weighted by Crippen LogP contribution is -2.35. The molecule has 1 fully saturated rings. The van der Waals surface area contributed by atoms with Gasteiger partial charge in [0.2, 0.25) is 0 Å². The van der Waals surface area contributed by atoms with Gasteiger partial charge in [0.25, 0.3) is 0 Å². The summed E-state index contributed by atoms with van der Waals surface area (Å²) in [6.07, 6.45) is 7.32. The molecule has 94 valence electrons. The maximum absolute atomic E-state index is 4.40. The Labute approximate surface area is 108 Å². The first-order chi connectivity index (χ1) is 8.83. The van der Waals surface area contributed by atoms with Gasteiger partial charge in [-0.2, -0.15) is 0 Å². The van der Waals surface area contributed by atoms with E-state index in [0.29, 0.717) is 5.41 Å². The van der Waals surface area contributed by atoms with Crippen LogP contribution in [0.25, 0.3) is 10.9 Å². The van der Waals surface area contributed by atoms with Crippen molar-refractivity contribution in [2.45, 2.75) is 32.6 Å². The number of fused-ring (bicyclic) bond motifs is 1. The van der Waals surface area contributed by atoms with Crippen LogP contribution in [-0.2, 0) is 0 Å². The van der Waals surface area contributed by atoms with Crippen molar-refractivity contribution in [2.24, 2.45) is 5.41 Å². The third-order valence-electron chi connectivity index (χ3n) is 4.47. The van der Waals surface area contributed by atoms with Gasteiger partial charge in [0.05, 0.1) is 5.52 Å². The molecule has 1 N–H and O–H groups in total. The topological polar surface area (TPSA) is 24.9 Å². The van der Waals surface area contributed by atoms with Crippen LogP contribution in [0.4, 0.5) is 5.69 Å². The lowest BCUT2D eigenvalue weighted by atomic mass is 9.67. The van der Waals surface area contributed by atoms with E-state index in [1.165, 1.54) is 36.8 Å². The number of aromatic nitrogens is 1. The first kappa shape index (κ1) is 11.5. The second-order valence-corrected chi connectivity index (χ2v) is 5.44. The summed E-state index contributed by atoms with van der Waals surface area (Å²) in [5.74, 6) is 0. The Balaban J connectivity index is 1.82. The molecule has 1 aliphatic carbocycles. The zero-order valence-electron chi connectivity index (χ0n) is 10.9. The van der Waals surface area contributed by atoms with Gasteiger partial charge in [0.1, 0.15) is 0 Å². The molecule has 0 aliphatic heterocycles. The van der Waals surface area contributed by atoms with E-state index in [2.05, 4.69) is 41.5 Å². The minimum atomic E-state index is 0.546. The number of nitrogens with one attached hydrogen (secondary N) is 1. The number of hydrogen-bond donors (Lipinski definition) is 1. The maximum atomic E-state index is 4.40. The molecule has 0 spiro atoms. The average Bonchev–Trinajstić information content (AvgIpc) is 2.38. The fourth-order valence-corrected chi connectivity index (χ4v) is 2.86. The van der Waals surface area contributed by atoms with Crippen LogP contribution in [-0.4, -0.2) is 11.5 Å². The standard InChI is InChI=1S/C16H20N2/c1-2-16(9-5-10-16)12-18-15-8-11-17-14-7-4-3-6-13(14)15/h3-4,6-8,11H,2,5,9-10,12H2,1H3,(H,17,18). The molecule has 0 unspecified atom stereocenters. The number of benzene rings is 1. The highest BCUT2D eigenvalue weighted by Crippen LogP contribution is 2.43. The van der Waals surface area contributed by atoms with Crippen LogP contribution in [0.3, 0.4) is 0 Å². The normalized spacial score (nSPS) is 17.4. The lowest BCUT2D eigenvalue weighted by molar-refractivity contribution is 0.145. The fourth-order valence-electron chi connectivity index (χ4n) is 2.86. The van der Waals surface area contributed by atoms with Crippen molar-refractivity contribution < 1.29 is 0 Å². The Morgan fingerprint density at radius 3 is 2.78 bits per heavy atom. The van der Waals surface area contributed by atoms with Crippen LogP contribution >= 0.6 is 0 Å². The molecule has 2 heteroatoms. The van der Waals surface area contributed by atoms with Crippen molar-refractivity contribution in [3.8, 4) is 0 Å². The van der Waals surface area contributed by atoms with E-state index in [0.717, 1.165) is 12.1 Å². The molecule has 1 aromatic carbocycles. The average molecular weight is 240 g/mol. The smallest absolute Gasteiger partial charge is 0.0722 e. The van der Waals surface area contributed by atoms with Gasteiger partial charge in [-0.3, -0.25) is 4.98 Å². The summed E-state index contributed by atoms with van der Waals surface area (Å²) in [4.78, 5) is 4.40. The molecule has 0 atom stereocenters. The first-order valence-corrected chi connectivity index (χ1v) is 6.91. The van der Waals surface area contributed by atoms with Crippen molar-refractivity contribution in [1.82, 2.24) is 4.98 Å². The Bertz CT molecular complexity index is 533. The molecule has 1 aliphatic rings. The quantitative estimate of drug-likeness (QED) is 0.865. The monoisotopic (exact) mass is 240 g/mol. The molecule has 1 heterocycles. The van der Waals surface area contributed by atoms with Gasteiger partial charge < -0.3 is 5.32 Å². The largest absolute Gasteiger partial charge is 0.384 e. The summed E-state index contributed by atoms with van der Waals surface area (Å²) in [7, 11) is 0. The highest BCUT2D eigenvalue weighted by Gasteiger charge is 2.34. The van der Waals surface area contributed by atoms with E-state index in [9.17, 15) is 0 Å². The van der Waals surface area contributed by atoms with Gasteiger partial charge in [-0.25, -0.2) is 0 Å². The highest BCUT2D eigenvalue weighted by atomic mass is 14.9. The molecule has 0 amide bonds. The Morgan fingerprint density at radius 2 is 2.06 bits per heavy atom. The zero-order chi connectivity index (χ0) is 12.4. The predicted octanol–water partition coefficient (Wildman–Crippen LogP) is 4.23. The molecule has 3 rings (SSSR count). The van der Waals surface area contributed by atoms with E-state index in [-0.39, 0.29) is 0 Å². The van der Waals surface area contributed by atoms with Gasteiger partial charge in [-0.05, 0) is 36.8 Å². The summed E-state index contributed by atoms with van der Waals surface area (Å²) in [6.45, 7) is 3.41. The number of anilines is 1. The number of para-hydroxylation sites is 1.